The number of thiophene rings is 1. The van der Waals surface area contributed by atoms with E-state index in [1.807, 2.05) is 31.2 Å². The van der Waals surface area contributed by atoms with Crippen LogP contribution in [0.4, 0.5) is 10.8 Å². The molecule has 4 rings (SSSR count). The predicted molar refractivity (Wildman–Crippen MR) is 103 cm³/mol. The summed E-state index contributed by atoms with van der Waals surface area (Å²) in [5.41, 5.74) is 1.89. The molecule has 1 aliphatic rings. The zero-order chi connectivity index (χ0) is 18.1. The fraction of sp³-hybridized carbons (Fsp3) is 0.316. The number of aryl methyl sites for hydroxylation is 1. The van der Waals surface area contributed by atoms with Crippen LogP contribution in [0.15, 0.2) is 24.3 Å². The molecular weight excluding hydrogens is 348 g/mol. The van der Waals surface area contributed by atoms with Crippen LogP contribution >= 0.6 is 11.3 Å². The van der Waals surface area contributed by atoms with E-state index in [9.17, 15) is 0 Å². The third-order valence-corrected chi connectivity index (χ3v) is 5.59. The van der Waals surface area contributed by atoms with E-state index in [4.69, 9.17) is 26.0 Å². The van der Waals surface area contributed by atoms with E-state index in [-0.39, 0.29) is 0 Å². The summed E-state index contributed by atoms with van der Waals surface area (Å²) < 4.78 is 10.7. The minimum absolute atomic E-state index is 0.666. The maximum Gasteiger partial charge on any atom is 0.246 e. The molecular formula is C19H18N4O2S. The van der Waals surface area contributed by atoms with Crippen LogP contribution in [-0.4, -0.2) is 43.4 Å². The van der Waals surface area contributed by atoms with E-state index < -0.39 is 0 Å². The van der Waals surface area contributed by atoms with Crippen LogP contribution in [0.1, 0.15) is 5.56 Å². The molecule has 1 fully saturated rings. The van der Waals surface area contributed by atoms with Crippen LogP contribution in [0.2, 0.25) is 0 Å². The molecule has 3 aromatic rings. The van der Waals surface area contributed by atoms with Gasteiger partial charge in [0.05, 0.1) is 26.9 Å². The lowest BCUT2D eigenvalue weighted by Crippen LogP contribution is -2.37. The van der Waals surface area contributed by atoms with Crippen molar-refractivity contribution in [3.8, 4) is 17.1 Å². The molecule has 0 saturated carbocycles. The Morgan fingerprint density at radius 2 is 1.92 bits per heavy atom. The Labute approximate surface area is 155 Å². The zero-order valence-electron chi connectivity index (χ0n) is 14.7. The van der Waals surface area contributed by atoms with E-state index in [2.05, 4.69) is 9.74 Å². The Kier molecular flexibility index (Phi) is 4.45. The Hall–Kier alpha value is -2.69. The van der Waals surface area contributed by atoms with Gasteiger partial charge in [-0.1, -0.05) is 0 Å². The molecule has 0 unspecified atom stereocenters. The van der Waals surface area contributed by atoms with Crippen LogP contribution in [0, 0.1) is 13.5 Å². The van der Waals surface area contributed by atoms with Crippen molar-refractivity contribution in [1.29, 1.82) is 0 Å². The van der Waals surface area contributed by atoms with Gasteiger partial charge in [-0.25, -0.2) is 14.8 Å². The van der Waals surface area contributed by atoms with Gasteiger partial charge < -0.3 is 14.4 Å². The predicted octanol–water partition coefficient (Wildman–Crippen LogP) is 4.06. The van der Waals surface area contributed by atoms with E-state index in [0.717, 1.165) is 46.0 Å². The number of ether oxygens (including phenoxy) is 2. The smallest absolute Gasteiger partial charge is 0.246 e. The molecule has 6 nitrogen and oxygen atoms in total. The van der Waals surface area contributed by atoms with E-state index in [0.29, 0.717) is 24.0 Å². The monoisotopic (exact) mass is 366 g/mol. The van der Waals surface area contributed by atoms with Gasteiger partial charge in [0, 0.05) is 24.0 Å². The normalized spacial score (nSPS) is 14.4. The first-order valence-corrected chi connectivity index (χ1v) is 9.18. The quantitative estimate of drug-likeness (QED) is 0.654. The van der Waals surface area contributed by atoms with Gasteiger partial charge in [-0.2, -0.15) is 0 Å². The number of aromatic nitrogens is 2. The number of hydrogen-bond acceptors (Lipinski definition) is 6. The maximum absolute atomic E-state index is 7.43. The highest BCUT2D eigenvalue weighted by molar-refractivity contribution is 7.22. The number of hydrogen-bond donors (Lipinski definition) is 0. The van der Waals surface area contributed by atoms with Crippen molar-refractivity contribution in [2.24, 2.45) is 0 Å². The molecule has 1 saturated heterocycles. The summed E-state index contributed by atoms with van der Waals surface area (Å²) in [5, 5.41) is 1.66. The number of rotatable bonds is 3. The molecule has 0 amide bonds. The van der Waals surface area contributed by atoms with Crippen LogP contribution in [-0.2, 0) is 4.74 Å². The highest BCUT2D eigenvalue weighted by Gasteiger charge is 2.22. The number of benzene rings is 1. The number of nitrogens with zero attached hydrogens (tertiary/aromatic N) is 4. The summed E-state index contributed by atoms with van der Waals surface area (Å²) in [4.78, 5) is 16.4. The summed E-state index contributed by atoms with van der Waals surface area (Å²) in [6.45, 7) is 12.4. The largest absolute Gasteiger partial charge is 0.497 e. The van der Waals surface area contributed by atoms with Crippen molar-refractivity contribution in [2.45, 2.75) is 6.92 Å². The minimum Gasteiger partial charge on any atom is -0.497 e. The van der Waals surface area contributed by atoms with Crippen LogP contribution in [0.3, 0.4) is 0 Å². The average Bonchev–Trinajstić information content (AvgIpc) is 3.04. The van der Waals surface area contributed by atoms with Crippen LogP contribution in [0.5, 0.6) is 5.75 Å². The van der Waals surface area contributed by atoms with E-state index in [1.165, 1.54) is 11.3 Å². The first kappa shape index (κ1) is 16.8. The molecule has 2 aromatic heterocycles. The summed E-state index contributed by atoms with van der Waals surface area (Å²) in [7, 11) is 1.65. The van der Waals surface area contributed by atoms with Crippen molar-refractivity contribution in [3.63, 3.8) is 0 Å². The standard InChI is InChI=1S/C19H18N4O2S/c1-12-15-17(23-8-10-25-11-9-23)21-16(22-19(15)26-18(12)20-2)13-4-6-14(24-3)7-5-13/h4-7H,8-11H2,1,3H3. The van der Waals surface area contributed by atoms with Gasteiger partial charge >= 0.3 is 0 Å². The van der Waals surface area contributed by atoms with Gasteiger partial charge in [0.25, 0.3) is 0 Å². The molecule has 1 aromatic carbocycles. The first-order chi connectivity index (χ1) is 12.7. The molecule has 0 radical (unpaired) electrons. The number of morpholine rings is 1. The van der Waals surface area contributed by atoms with Gasteiger partial charge in [0.2, 0.25) is 5.00 Å². The van der Waals surface area contributed by atoms with Crippen molar-refractivity contribution in [1.82, 2.24) is 9.97 Å². The lowest BCUT2D eigenvalue weighted by atomic mass is 10.1. The minimum atomic E-state index is 0.666. The Balaban J connectivity index is 1.90. The third kappa shape index (κ3) is 2.87. The van der Waals surface area contributed by atoms with Crippen molar-refractivity contribution < 1.29 is 9.47 Å². The molecule has 1 aliphatic heterocycles. The van der Waals surface area contributed by atoms with Crippen molar-refractivity contribution in [2.75, 3.05) is 38.3 Å². The summed E-state index contributed by atoms with van der Waals surface area (Å²) in [5.74, 6) is 2.36. The molecule has 3 heterocycles. The lowest BCUT2D eigenvalue weighted by molar-refractivity contribution is 0.122. The molecule has 0 aliphatic carbocycles. The Bertz CT molecular complexity index is 985. The van der Waals surface area contributed by atoms with Gasteiger partial charge in [0.1, 0.15) is 16.4 Å². The molecule has 0 atom stereocenters. The molecule has 0 bridgehead atoms. The van der Waals surface area contributed by atoms with Gasteiger partial charge in [-0.05, 0) is 36.8 Å². The first-order valence-electron chi connectivity index (χ1n) is 8.37. The fourth-order valence-corrected chi connectivity index (χ4v) is 4.05. The topological polar surface area (TPSA) is 51.8 Å². The zero-order valence-corrected chi connectivity index (χ0v) is 15.5. The number of methoxy groups -OCH3 is 1. The molecule has 132 valence electrons. The average molecular weight is 366 g/mol. The van der Waals surface area contributed by atoms with Gasteiger partial charge in [0.15, 0.2) is 5.82 Å². The van der Waals surface area contributed by atoms with E-state index >= 15 is 0 Å². The second-order valence-corrected chi connectivity index (χ2v) is 7.00. The third-order valence-electron chi connectivity index (χ3n) is 4.51. The molecule has 0 spiro atoms. The molecule has 26 heavy (non-hydrogen) atoms. The SMILES string of the molecule is [C-]#[N+]c1sc2nc(-c3ccc(OC)cc3)nc(N3CCOCC3)c2c1C. The summed E-state index contributed by atoms with van der Waals surface area (Å²) in [6, 6.07) is 7.72. The maximum atomic E-state index is 7.43. The van der Waals surface area contributed by atoms with Gasteiger partial charge in [-0.3, -0.25) is 0 Å². The second-order valence-electron chi connectivity index (χ2n) is 6.02. The lowest BCUT2D eigenvalue weighted by Gasteiger charge is -2.28. The van der Waals surface area contributed by atoms with Crippen LogP contribution < -0.4 is 9.64 Å². The number of fused-ring (bicyclic) bond motifs is 1. The number of anilines is 1. The second kappa shape index (κ2) is 6.90. The Morgan fingerprint density at radius 1 is 1.19 bits per heavy atom. The highest BCUT2D eigenvalue weighted by Crippen LogP contribution is 2.41. The molecule has 7 heteroatoms. The van der Waals surface area contributed by atoms with Crippen molar-refractivity contribution >= 4 is 32.4 Å². The van der Waals surface area contributed by atoms with Crippen molar-refractivity contribution in [3.05, 3.63) is 41.2 Å². The van der Waals surface area contributed by atoms with Gasteiger partial charge in [-0.15, -0.1) is 11.3 Å². The highest BCUT2D eigenvalue weighted by atomic mass is 32.1. The summed E-state index contributed by atoms with van der Waals surface area (Å²) in [6.07, 6.45) is 0. The van der Waals surface area contributed by atoms with Crippen LogP contribution in [0.25, 0.3) is 26.4 Å². The van der Waals surface area contributed by atoms with E-state index in [1.54, 1.807) is 7.11 Å². The Morgan fingerprint density at radius 3 is 2.58 bits per heavy atom. The summed E-state index contributed by atoms with van der Waals surface area (Å²) >= 11 is 1.43. The fourth-order valence-electron chi connectivity index (χ4n) is 3.09. The molecule has 0 N–H and O–H groups in total.